The van der Waals surface area contributed by atoms with Crippen LogP contribution in [0.25, 0.3) is 0 Å². The first kappa shape index (κ1) is 24.5. The van der Waals surface area contributed by atoms with Gasteiger partial charge in [0.15, 0.2) is 0 Å². The average molecular weight is 470 g/mol. The van der Waals surface area contributed by atoms with Crippen LogP contribution in [0, 0.1) is 5.82 Å². The number of nitrogens with zero attached hydrogens (tertiary/aromatic N) is 3. The van der Waals surface area contributed by atoms with E-state index >= 15 is 4.39 Å². The second kappa shape index (κ2) is 11.2. The quantitative estimate of drug-likeness (QED) is 0.555. The minimum absolute atomic E-state index is 0.189. The Morgan fingerprint density at radius 3 is 2.68 bits per heavy atom. The van der Waals surface area contributed by atoms with Crippen molar-refractivity contribution in [3.05, 3.63) is 53.8 Å². The number of hydrogen-bond acceptors (Lipinski definition) is 5. The highest BCUT2D eigenvalue weighted by Gasteiger charge is 2.35. The molecular weight excluding hydrogens is 433 g/mol. The van der Waals surface area contributed by atoms with Crippen LogP contribution in [0.15, 0.2) is 42.5 Å². The molecule has 0 bridgehead atoms. The van der Waals surface area contributed by atoms with Crippen LogP contribution in [0.1, 0.15) is 49.4 Å². The Kier molecular flexibility index (Phi) is 8.06. The Hall–Kier alpha value is -2.64. The molecule has 2 fully saturated rings. The SMILES string of the molecule is CCCCOc1ccc(C(=O)N(C)c2ccc(N3CCC(N4CCCC4CO)C3)c(F)c2)cc1. The minimum atomic E-state index is -0.322. The first-order valence-corrected chi connectivity index (χ1v) is 12.4. The zero-order chi connectivity index (χ0) is 24.1. The molecule has 2 aliphatic rings. The van der Waals surface area contributed by atoms with Crippen LogP contribution in [0.3, 0.4) is 0 Å². The summed E-state index contributed by atoms with van der Waals surface area (Å²) in [5, 5.41) is 9.64. The van der Waals surface area contributed by atoms with Gasteiger partial charge in [-0.15, -0.1) is 0 Å². The number of carbonyl (C=O) groups is 1. The standard InChI is InChI=1S/C27H36FN3O3/c1-3-4-16-34-24-10-7-20(8-11-24)27(33)29(2)21-9-12-26(25(28)17-21)30-15-13-22(18-30)31-14-5-6-23(31)19-32/h7-12,17,22-23,32H,3-6,13-16,18-19H2,1-2H3. The minimum Gasteiger partial charge on any atom is -0.494 e. The van der Waals surface area contributed by atoms with Crippen LogP contribution in [-0.2, 0) is 0 Å². The summed E-state index contributed by atoms with van der Waals surface area (Å²) in [5.74, 6) is 0.224. The molecule has 6 nitrogen and oxygen atoms in total. The summed E-state index contributed by atoms with van der Waals surface area (Å²) in [6, 6.07) is 12.7. The van der Waals surface area contributed by atoms with Gasteiger partial charge in [0.05, 0.1) is 18.9 Å². The van der Waals surface area contributed by atoms with Crippen molar-refractivity contribution in [1.82, 2.24) is 4.90 Å². The highest BCUT2D eigenvalue weighted by molar-refractivity contribution is 6.05. The summed E-state index contributed by atoms with van der Waals surface area (Å²) < 4.78 is 20.8. The van der Waals surface area contributed by atoms with E-state index in [1.54, 1.807) is 43.4 Å². The third-order valence-corrected chi connectivity index (χ3v) is 7.10. The lowest BCUT2D eigenvalue weighted by atomic mass is 10.1. The lowest BCUT2D eigenvalue weighted by Gasteiger charge is -2.30. The highest BCUT2D eigenvalue weighted by atomic mass is 19.1. The molecule has 2 unspecified atom stereocenters. The second-order valence-electron chi connectivity index (χ2n) is 9.33. The summed E-state index contributed by atoms with van der Waals surface area (Å²) >= 11 is 0. The number of likely N-dealkylation sites (tertiary alicyclic amines) is 1. The molecule has 0 spiro atoms. The Balaban J connectivity index is 1.39. The zero-order valence-corrected chi connectivity index (χ0v) is 20.3. The largest absolute Gasteiger partial charge is 0.494 e. The Bertz CT molecular complexity index is 968. The molecular formula is C27H36FN3O3. The van der Waals surface area contributed by atoms with Gasteiger partial charge in [-0.1, -0.05) is 13.3 Å². The molecule has 0 aliphatic carbocycles. The van der Waals surface area contributed by atoms with Crippen molar-refractivity contribution in [2.24, 2.45) is 0 Å². The van der Waals surface area contributed by atoms with Gasteiger partial charge in [0.25, 0.3) is 5.91 Å². The van der Waals surface area contributed by atoms with E-state index in [1.165, 1.54) is 11.0 Å². The number of amides is 1. The van der Waals surface area contributed by atoms with Crippen LogP contribution in [0.5, 0.6) is 5.75 Å². The van der Waals surface area contributed by atoms with Crippen molar-refractivity contribution in [3.63, 3.8) is 0 Å². The van der Waals surface area contributed by atoms with Crippen molar-refractivity contribution >= 4 is 17.3 Å². The normalized spacial score (nSPS) is 20.6. The number of aliphatic hydroxyl groups excluding tert-OH is 1. The molecule has 0 saturated carbocycles. The molecule has 2 heterocycles. The molecule has 0 radical (unpaired) electrons. The van der Waals surface area contributed by atoms with E-state index in [2.05, 4.69) is 16.7 Å². The average Bonchev–Trinajstić information content (AvgIpc) is 3.53. The van der Waals surface area contributed by atoms with Crippen molar-refractivity contribution in [2.75, 3.05) is 49.7 Å². The third kappa shape index (κ3) is 5.36. The van der Waals surface area contributed by atoms with Crippen molar-refractivity contribution in [3.8, 4) is 5.75 Å². The predicted molar refractivity (Wildman–Crippen MR) is 133 cm³/mol. The van der Waals surface area contributed by atoms with E-state index in [0.717, 1.165) is 57.5 Å². The molecule has 34 heavy (non-hydrogen) atoms. The lowest BCUT2D eigenvalue weighted by molar-refractivity contribution is 0.0993. The van der Waals surface area contributed by atoms with Crippen LogP contribution in [0.4, 0.5) is 15.8 Å². The number of ether oxygens (including phenoxy) is 1. The van der Waals surface area contributed by atoms with Gasteiger partial charge in [-0.3, -0.25) is 9.69 Å². The molecule has 2 saturated heterocycles. The molecule has 1 N–H and O–H groups in total. The van der Waals surface area contributed by atoms with E-state index in [0.29, 0.717) is 29.6 Å². The lowest BCUT2D eigenvalue weighted by Crippen LogP contribution is -2.42. The van der Waals surface area contributed by atoms with E-state index < -0.39 is 0 Å². The molecule has 2 aromatic rings. The van der Waals surface area contributed by atoms with Gasteiger partial charge >= 0.3 is 0 Å². The van der Waals surface area contributed by atoms with Gasteiger partial charge in [-0.05, 0) is 74.7 Å². The maximum absolute atomic E-state index is 15.1. The summed E-state index contributed by atoms with van der Waals surface area (Å²) in [4.78, 5) is 18.9. The van der Waals surface area contributed by atoms with Gasteiger partial charge in [0.1, 0.15) is 11.6 Å². The van der Waals surface area contributed by atoms with Crippen LogP contribution in [0.2, 0.25) is 0 Å². The molecule has 1 amide bonds. The summed E-state index contributed by atoms with van der Waals surface area (Å²) in [6.45, 7) is 5.51. The molecule has 4 rings (SSSR count). The summed E-state index contributed by atoms with van der Waals surface area (Å²) in [7, 11) is 1.66. The zero-order valence-electron chi connectivity index (χ0n) is 20.3. The number of halogens is 1. The maximum atomic E-state index is 15.1. The molecule has 2 atom stereocenters. The monoisotopic (exact) mass is 469 g/mol. The number of hydrogen-bond donors (Lipinski definition) is 1. The Labute approximate surface area is 201 Å². The summed E-state index contributed by atoms with van der Waals surface area (Å²) in [6.07, 6.45) is 5.17. The fourth-order valence-corrected chi connectivity index (χ4v) is 5.07. The van der Waals surface area contributed by atoms with Gasteiger partial charge in [-0.25, -0.2) is 4.39 Å². The summed E-state index contributed by atoms with van der Waals surface area (Å²) in [5.41, 5.74) is 1.62. The predicted octanol–water partition coefficient (Wildman–Crippen LogP) is 4.32. The molecule has 2 aliphatic heterocycles. The van der Waals surface area contributed by atoms with E-state index in [1.807, 2.05) is 0 Å². The third-order valence-electron chi connectivity index (χ3n) is 7.10. The second-order valence-corrected chi connectivity index (χ2v) is 9.33. The van der Waals surface area contributed by atoms with Crippen LogP contribution >= 0.6 is 0 Å². The van der Waals surface area contributed by atoms with Gasteiger partial charge < -0.3 is 19.6 Å². The van der Waals surface area contributed by atoms with Crippen LogP contribution < -0.4 is 14.5 Å². The van der Waals surface area contributed by atoms with Crippen molar-refractivity contribution < 1.29 is 19.0 Å². The fraction of sp³-hybridized carbons (Fsp3) is 0.519. The number of benzene rings is 2. The fourth-order valence-electron chi connectivity index (χ4n) is 5.07. The first-order valence-electron chi connectivity index (χ1n) is 12.4. The van der Waals surface area contributed by atoms with E-state index in [-0.39, 0.29) is 24.4 Å². The number of aliphatic hydroxyl groups is 1. The van der Waals surface area contributed by atoms with Crippen molar-refractivity contribution in [1.29, 1.82) is 0 Å². The molecule has 2 aromatic carbocycles. The molecule has 184 valence electrons. The topological polar surface area (TPSA) is 56.2 Å². The maximum Gasteiger partial charge on any atom is 0.258 e. The molecule has 7 heteroatoms. The number of unbranched alkanes of at least 4 members (excludes halogenated alkanes) is 1. The van der Waals surface area contributed by atoms with Gasteiger partial charge in [-0.2, -0.15) is 0 Å². The molecule has 0 aromatic heterocycles. The van der Waals surface area contributed by atoms with Crippen LogP contribution in [-0.4, -0.2) is 67.9 Å². The number of carbonyl (C=O) groups excluding carboxylic acids is 1. The number of anilines is 2. The number of rotatable bonds is 9. The Morgan fingerprint density at radius 2 is 1.97 bits per heavy atom. The van der Waals surface area contributed by atoms with Gasteiger partial charge in [0.2, 0.25) is 0 Å². The van der Waals surface area contributed by atoms with Crippen molar-refractivity contribution in [2.45, 2.75) is 51.1 Å². The Morgan fingerprint density at radius 1 is 1.18 bits per heavy atom. The highest BCUT2D eigenvalue weighted by Crippen LogP contribution is 2.31. The smallest absolute Gasteiger partial charge is 0.258 e. The van der Waals surface area contributed by atoms with E-state index in [9.17, 15) is 9.90 Å². The van der Waals surface area contributed by atoms with Gasteiger partial charge in [0, 0.05) is 43.5 Å². The first-order chi connectivity index (χ1) is 16.5. The van der Waals surface area contributed by atoms with E-state index in [4.69, 9.17) is 4.74 Å².